The van der Waals surface area contributed by atoms with Crippen molar-refractivity contribution in [2.45, 2.75) is 167 Å². The van der Waals surface area contributed by atoms with Gasteiger partial charge in [0, 0.05) is 69.0 Å². The molecule has 0 aliphatic carbocycles. The molecule has 10 amide bonds. The number of carbonyl (C=O) groups is 11. The summed E-state index contributed by atoms with van der Waals surface area (Å²) in [7, 11) is 3.16. The number of hydrogen-bond acceptors (Lipinski definition) is 21. The molecule has 0 spiro atoms. The Morgan fingerprint density at radius 1 is 0.562 bits per heavy atom. The fraction of sp³-hybridized carbons (Fsp3) is 0.398. The van der Waals surface area contributed by atoms with Crippen LogP contribution >= 0.6 is 0 Å². The lowest BCUT2D eigenvalue weighted by atomic mass is 9.85. The van der Waals surface area contributed by atoms with Gasteiger partial charge in [-0.2, -0.15) is 0 Å². The minimum atomic E-state index is -1.59. The number of hydrogen-bond donors (Lipinski definition) is 16. The summed E-state index contributed by atoms with van der Waals surface area (Å²) in [6.45, 7) is 13.0. The molecule has 0 aromatic heterocycles. The number of carboxylic acids is 1. The summed E-state index contributed by atoms with van der Waals surface area (Å²) in [5.41, 5.74) is 9.12. The summed E-state index contributed by atoms with van der Waals surface area (Å²) in [4.78, 5) is 164. The molecule has 6 aliphatic rings. The molecular formula is C88H108F2N16O15. The summed E-state index contributed by atoms with van der Waals surface area (Å²) >= 11 is 0. The van der Waals surface area contributed by atoms with Gasteiger partial charge in [0.1, 0.15) is 67.0 Å². The van der Waals surface area contributed by atoms with Crippen LogP contribution in [0.4, 0.5) is 14.5 Å². The molecule has 0 unspecified atom stereocenters. The van der Waals surface area contributed by atoms with E-state index in [1.54, 1.807) is 118 Å². The lowest BCUT2D eigenvalue weighted by molar-refractivity contribution is -0.145. The number of aromatic hydroxyl groups is 1. The summed E-state index contributed by atoms with van der Waals surface area (Å²) in [5.74, 6) is -8.08. The molecule has 121 heavy (non-hydrogen) atoms. The molecule has 0 saturated carbocycles. The van der Waals surface area contributed by atoms with E-state index < -0.39 is 178 Å². The number of carbonyl (C=O) groups excluding carboxylic acids is 10. The predicted molar refractivity (Wildman–Crippen MR) is 449 cm³/mol. The average molecular weight is 1670 g/mol. The monoisotopic (exact) mass is 1670 g/mol. The van der Waals surface area contributed by atoms with Crippen molar-refractivity contribution in [3.8, 4) is 17.2 Å². The van der Waals surface area contributed by atoms with Gasteiger partial charge in [-0.15, -0.1) is 0 Å². The first-order chi connectivity index (χ1) is 57.5. The van der Waals surface area contributed by atoms with Crippen LogP contribution in [-0.4, -0.2) is 192 Å². The van der Waals surface area contributed by atoms with Crippen LogP contribution in [0.3, 0.4) is 0 Å². The molecule has 0 radical (unpaired) electrons. The van der Waals surface area contributed by atoms with Crippen molar-refractivity contribution in [2.24, 2.45) is 28.3 Å². The molecule has 33 heteroatoms. The van der Waals surface area contributed by atoms with Crippen LogP contribution in [0.25, 0.3) is 21.5 Å². The van der Waals surface area contributed by atoms with Crippen LogP contribution in [-0.2, 0) is 78.4 Å². The largest absolute Gasteiger partial charge is 0.503 e. The van der Waals surface area contributed by atoms with Crippen molar-refractivity contribution in [3.63, 3.8) is 0 Å². The van der Waals surface area contributed by atoms with Gasteiger partial charge >= 0.3 is 5.97 Å². The normalized spacial score (nSPS) is 21.3. The number of nitrogens with one attached hydrogen (secondary N) is 12. The van der Waals surface area contributed by atoms with Crippen molar-refractivity contribution >= 4 is 92.3 Å². The van der Waals surface area contributed by atoms with Crippen LogP contribution in [0.1, 0.15) is 96.9 Å². The van der Waals surface area contributed by atoms with Gasteiger partial charge in [-0.05, 0) is 126 Å². The number of phenols is 1. The van der Waals surface area contributed by atoms with E-state index in [9.17, 15) is 43.0 Å². The summed E-state index contributed by atoms with van der Waals surface area (Å²) in [6.07, 6.45) is 1.43. The third kappa shape index (κ3) is 23.8. The van der Waals surface area contributed by atoms with Crippen LogP contribution in [0.5, 0.6) is 17.2 Å². The second-order valence-electron chi connectivity index (χ2n) is 32.9. The lowest BCUT2D eigenvalue weighted by Crippen LogP contribution is -2.63. The Labute approximate surface area is 700 Å². The number of imide groups is 1. The number of halogens is 2. The van der Waals surface area contributed by atoms with Crippen molar-refractivity contribution in [3.05, 3.63) is 203 Å². The van der Waals surface area contributed by atoms with E-state index in [4.69, 9.17) is 21.1 Å². The number of benzene rings is 7. The number of aliphatic carboxylic acids is 1. The van der Waals surface area contributed by atoms with Gasteiger partial charge in [-0.1, -0.05) is 151 Å². The molecule has 4 bridgehead atoms. The number of likely N-dealkylation sites (N-methyl/N-ethyl adjacent to an activating group) is 2. The molecule has 12 atom stereocenters. The highest BCUT2D eigenvalue weighted by Crippen LogP contribution is 2.32. The molecule has 7 aromatic carbocycles. The van der Waals surface area contributed by atoms with Gasteiger partial charge in [0.05, 0.1) is 41.5 Å². The fourth-order valence-electron chi connectivity index (χ4n) is 14.6. The summed E-state index contributed by atoms with van der Waals surface area (Å²) < 4.78 is 42.2. The van der Waals surface area contributed by atoms with Crippen LogP contribution in [0.2, 0.25) is 0 Å². The number of rotatable bonds is 16. The Bertz CT molecular complexity index is 5020. The molecule has 18 N–H and O–H groups in total. The minimum Gasteiger partial charge on any atom is -0.503 e. The molecule has 7 aromatic rings. The Hall–Kier alpha value is -12.8. The number of ether oxygens (including phenoxy) is 2. The van der Waals surface area contributed by atoms with Gasteiger partial charge in [-0.3, -0.25) is 59.1 Å². The molecular weight excluding hydrogens is 1560 g/mol. The highest BCUT2D eigenvalue weighted by molar-refractivity contribution is 6.03. The Morgan fingerprint density at radius 3 is 1.51 bits per heavy atom. The minimum absolute atomic E-state index is 0.0374. The van der Waals surface area contributed by atoms with E-state index >= 15 is 28.8 Å². The number of anilines is 1. The second-order valence-corrected chi connectivity index (χ2v) is 32.9. The van der Waals surface area contributed by atoms with Crippen LogP contribution in [0, 0.1) is 28.4 Å². The quantitative estimate of drug-likeness (QED) is 0.0277. The average Bonchev–Trinajstić information content (AvgIpc) is 1.66. The zero-order chi connectivity index (χ0) is 87.7. The first kappa shape index (κ1) is 90.6. The molecule has 6 heterocycles. The number of carboxylic acid groups (broad SMARTS) is 1. The van der Waals surface area contributed by atoms with Crippen molar-refractivity contribution in [1.29, 1.82) is 0 Å². The van der Waals surface area contributed by atoms with Gasteiger partial charge in [0.15, 0.2) is 17.4 Å². The Morgan fingerprint density at radius 2 is 1.02 bits per heavy atom. The van der Waals surface area contributed by atoms with E-state index in [0.717, 1.165) is 21.5 Å². The standard InChI is InChI=1S/C88H108F2N16O15/c1-48(93-9)77(109)102-75(87(3,4)5)84(116)105-34-32-67-72(105)82(114)99-69(40-53-20-26-55-16-12-14-18-57(55)36-53)81(113)100-70(86(118)119)39-51-23-27-62(28-24-51)120-46-59(91)44-95-66-31-33-106(85(117)76(88(6,7)8)103-78(110)49(2)94-10)73(66)83(115)101-71(107)41-58(37-52-19-25-54-15-11-13-17-56(54)35-52)79(111)98-68(80(112)97-60-42-64(89)74(108)65(90)43-60)38-50-21-29-63(30-22-50)121-47-61(104-92)45-96-67/h11-30,35-36,42-45,48-49,58,66-70,72-73,75-76,93-96,104,108H,31-34,37-41,46-47,91-92H2,1-10H3,(H,97,112)(H,98,111)(H,99,114)(H,100,113)(H,102,109)(H,103,110)(H,118,119)(H,101,107,115)/t48-,49-,58+,66+,67+,68-,69-,70-,72-,73-,75+,76+/m0/s1. The number of fused-ring (bicyclic) bond motifs is 2. The third-order valence-electron chi connectivity index (χ3n) is 21.8. The Balaban J connectivity index is 1.02. The van der Waals surface area contributed by atoms with Crippen molar-refractivity contribution in [2.75, 3.05) is 45.7 Å². The van der Waals surface area contributed by atoms with E-state index in [2.05, 4.69) is 63.9 Å². The maximum Gasteiger partial charge on any atom is 0.326 e. The first-order valence-electron chi connectivity index (χ1n) is 40.0. The lowest BCUT2D eigenvalue weighted by Gasteiger charge is -2.37. The highest BCUT2D eigenvalue weighted by Gasteiger charge is 2.49. The van der Waals surface area contributed by atoms with Gasteiger partial charge in [0.25, 0.3) is 5.91 Å². The van der Waals surface area contributed by atoms with E-state index in [-0.39, 0.29) is 87.7 Å². The van der Waals surface area contributed by atoms with Gasteiger partial charge < -0.3 is 93.8 Å². The molecule has 2 saturated heterocycles. The molecule has 644 valence electrons. The van der Waals surface area contributed by atoms with Crippen molar-refractivity contribution in [1.82, 2.24) is 68.4 Å². The number of phenolic OH excluding ortho intramolecular Hbond substituents is 1. The third-order valence-corrected chi connectivity index (χ3v) is 21.8. The van der Waals surface area contributed by atoms with E-state index in [1.165, 1.54) is 34.3 Å². The molecule has 2 fully saturated rings. The fourth-order valence-corrected chi connectivity index (χ4v) is 14.6. The number of hydrazine groups is 1. The number of nitrogens with zero attached hydrogens (tertiary/aromatic N) is 2. The molecule has 6 aliphatic heterocycles. The number of amides is 10. The van der Waals surface area contributed by atoms with Crippen molar-refractivity contribution < 1.29 is 81.2 Å². The maximum absolute atomic E-state index is 15.5. The maximum atomic E-state index is 15.5. The highest BCUT2D eigenvalue weighted by atomic mass is 19.1. The summed E-state index contributed by atoms with van der Waals surface area (Å²) in [5, 5.41) is 55.2. The topological polar surface area (TPSA) is 450 Å². The summed E-state index contributed by atoms with van der Waals surface area (Å²) in [6, 6.07) is 26.2. The smallest absolute Gasteiger partial charge is 0.326 e. The molecule has 31 nitrogen and oxygen atoms in total. The van der Waals surface area contributed by atoms with E-state index in [0.29, 0.717) is 34.4 Å². The molecule has 13 rings (SSSR count). The predicted octanol–water partition coefficient (Wildman–Crippen LogP) is 4.35. The first-order valence-corrected chi connectivity index (χ1v) is 40.0. The Kier molecular flexibility index (Phi) is 30.2. The zero-order valence-corrected chi connectivity index (χ0v) is 69.2. The van der Waals surface area contributed by atoms with Crippen LogP contribution < -0.4 is 85.0 Å². The van der Waals surface area contributed by atoms with Gasteiger partial charge in [0.2, 0.25) is 53.2 Å². The zero-order valence-electron chi connectivity index (χ0n) is 69.2. The van der Waals surface area contributed by atoms with Crippen LogP contribution in [0.15, 0.2) is 169 Å². The number of nitrogens with two attached hydrogens (primary N) is 2. The van der Waals surface area contributed by atoms with Gasteiger partial charge in [-0.25, -0.2) is 13.6 Å². The van der Waals surface area contributed by atoms with E-state index in [1.807, 2.05) is 72.8 Å². The second kappa shape index (κ2) is 40.3. The SMILES string of the molecule is CN[C@@H](C)C(=O)N[C@H](C(=O)N1CC[C@H]2NC=C(N)COc3ccc(cc3)C[C@@H](C(=O)O)NC(=O)[C@H](Cc3ccc4ccccc4c3)NC(=O)[C@@H]3[C@@H](CCN3C(=O)[C@@H](NC(=O)[C@H](C)NC)C(C)(C)C)NC=C(NN)COc3ccc(cc3)C[C@@H](C(=O)Nc3cc(F)c(O)c(F)c3)NC(=O)[C@H](Cc3ccc4ccccc4c3)CC(=O)NC(=O)[C@H]21)C(C)(C)C. The number of likely N-dealkylation sites (tertiary alicyclic amines) is 2.